The lowest BCUT2D eigenvalue weighted by Gasteiger charge is -2.43. The number of nitrogens with zero attached hydrogens (tertiary/aromatic N) is 2. The lowest BCUT2D eigenvalue weighted by molar-refractivity contribution is -0.122. The highest BCUT2D eigenvalue weighted by Crippen LogP contribution is 2.40. The Hall–Kier alpha value is -3.67. The van der Waals surface area contributed by atoms with Crippen molar-refractivity contribution < 1.29 is 14.4 Å². The number of imide groups is 2. The molecule has 6 nitrogen and oxygen atoms in total. The average Bonchev–Trinajstić information content (AvgIpc) is 2.72. The molecule has 33 heavy (non-hydrogen) atoms. The molecule has 2 aliphatic rings. The van der Waals surface area contributed by atoms with E-state index < -0.39 is 17.8 Å². The minimum atomic E-state index is -0.743. The van der Waals surface area contributed by atoms with Crippen LogP contribution in [0.2, 0.25) is 0 Å². The number of rotatable bonds is 3. The van der Waals surface area contributed by atoms with Crippen molar-refractivity contribution in [3.05, 3.63) is 70.3 Å². The molecule has 4 rings (SSSR count). The van der Waals surface area contributed by atoms with Crippen LogP contribution in [0.1, 0.15) is 49.9 Å². The molecule has 0 radical (unpaired) electrons. The summed E-state index contributed by atoms with van der Waals surface area (Å²) in [5.41, 5.74) is 6.34. The monoisotopic (exact) mass is 443 g/mol. The molecule has 1 N–H and O–H groups in total. The highest BCUT2D eigenvalue weighted by Gasteiger charge is 2.37. The van der Waals surface area contributed by atoms with Gasteiger partial charge in [-0.15, -0.1) is 0 Å². The molecular weight excluding hydrogens is 414 g/mol. The third kappa shape index (κ3) is 3.86. The molecule has 2 aromatic carbocycles. The third-order valence-electron chi connectivity index (χ3n) is 6.38. The summed E-state index contributed by atoms with van der Waals surface area (Å²) < 4.78 is 0. The second kappa shape index (κ2) is 8.03. The van der Waals surface area contributed by atoms with Gasteiger partial charge >= 0.3 is 6.03 Å². The average molecular weight is 444 g/mol. The fourth-order valence-corrected chi connectivity index (χ4v) is 4.72. The second-order valence-corrected chi connectivity index (χ2v) is 9.24. The number of carbonyl (C=O) groups is 3. The normalized spacial score (nSPS) is 18.9. The van der Waals surface area contributed by atoms with Crippen LogP contribution in [-0.4, -0.2) is 29.9 Å². The molecule has 2 aliphatic heterocycles. The number of urea groups is 1. The molecule has 6 heteroatoms. The molecule has 0 spiro atoms. The Morgan fingerprint density at radius 1 is 1.00 bits per heavy atom. The molecule has 0 aromatic heterocycles. The molecule has 0 bridgehead atoms. The maximum Gasteiger partial charge on any atom is 0.335 e. The molecule has 4 amide bonds. The Morgan fingerprint density at radius 3 is 2.30 bits per heavy atom. The van der Waals surface area contributed by atoms with Crippen molar-refractivity contribution in [2.75, 3.05) is 16.3 Å². The van der Waals surface area contributed by atoms with Crippen LogP contribution in [0.25, 0.3) is 11.6 Å². The number of benzene rings is 2. The predicted octanol–water partition coefficient (Wildman–Crippen LogP) is 4.99. The summed E-state index contributed by atoms with van der Waals surface area (Å²) in [6.45, 7) is 13.3. The van der Waals surface area contributed by atoms with E-state index in [9.17, 15) is 14.4 Å². The third-order valence-corrected chi connectivity index (χ3v) is 6.38. The Kier molecular flexibility index (Phi) is 5.48. The zero-order valence-corrected chi connectivity index (χ0v) is 19.9. The molecule has 0 unspecified atom stereocenters. The molecule has 2 heterocycles. The highest BCUT2D eigenvalue weighted by atomic mass is 16.2. The Morgan fingerprint density at radius 2 is 1.67 bits per heavy atom. The smallest absolute Gasteiger partial charge is 0.335 e. The predicted molar refractivity (Wildman–Crippen MR) is 132 cm³/mol. The van der Waals surface area contributed by atoms with Crippen LogP contribution < -0.4 is 15.1 Å². The van der Waals surface area contributed by atoms with E-state index in [0.29, 0.717) is 5.69 Å². The summed E-state index contributed by atoms with van der Waals surface area (Å²) in [5.74, 6) is -1.32. The molecule has 1 saturated heterocycles. The summed E-state index contributed by atoms with van der Waals surface area (Å²) in [7, 11) is 0. The first-order chi connectivity index (χ1) is 15.5. The van der Waals surface area contributed by atoms with Crippen molar-refractivity contribution >= 4 is 40.9 Å². The van der Waals surface area contributed by atoms with Gasteiger partial charge in [-0.2, -0.15) is 0 Å². The van der Waals surface area contributed by atoms with Gasteiger partial charge in [-0.3, -0.25) is 14.9 Å². The summed E-state index contributed by atoms with van der Waals surface area (Å²) in [4.78, 5) is 41.7. The number of nitrogens with one attached hydrogen (secondary N) is 1. The maximum absolute atomic E-state index is 13.2. The van der Waals surface area contributed by atoms with Crippen molar-refractivity contribution in [3.63, 3.8) is 0 Å². The second-order valence-electron chi connectivity index (χ2n) is 9.24. The first kappa shape index (κ1) is 22.5. The summed E-state index contributed by atoms with van der Waals surface area (Å²) >= 11 is 0. The van der Waals surface area contributed by atoms with Gasteiger partial charge in [0.05, 0.1) is 11.2 Å². The van der Waals surface area contributed by atoms with Crippen LogP contribution in [0.3, 0.4) is 0 Å². The number of hydrogen-bond acceptors (Lipinski definition) is 4. The van der Waals surface area contributed by atoms with E-state index in [1.54, 1.807) is 18.2 Å². The molecule has 0 atom stereocenters. The number of anilines is 2. The minimum Gasteiger partial charge on any atom is -0.363 e. The number of allylic oxidation sites excluding steroid dienone is 1. The first-order valence-corrected chi connectivity index (χ1v) is 11.1. The summed E-state index contributed by atoms with van der Waals surface area (Å²) in [5, 5.41) is 2.30. The molecule has 1 fully saturated rings. The highest BCUT2D eigenvalue weighted by molar-refractivity contribution is 6.39. The molecule has 170 valence electrons. The van der Waals surface area contributed by atoms with Crippen molar-refractivity contribution in [2.45, 2.75) is 47.1 Å². The van der Waals surface area contributed by atoms with E-state index in [-0.39, 0.29) is 11.1 Å². The summed E-state index contributed by atoms with van der Waals surface area (Å²) in [6.07, 6.45) is 3.82. The number of barbiturate groups is 1. The van der Waals surface area contributed by atoms with Crippen molar-refractivity contribution in [1.29, 1.82) is 0 Å². The van der Waals surface area contributed by atoms with Crippen LogP contribution in [0.15, 0.2) is 48.0 Å². The van der Waals surface area contributed by atoms with Gasteiger partial charge in [0.15, 0.2) is 0 Å². The van der Waals surface area contributed by atoms with Gasteiger partial charge < -0.3 is 4.90 Å². The van der Waals surface area contributed by atoms with Gasteiger partial charge in [0.2, 0.25) is 0 Å². The van der Waals surface area contributed by atoms with E-state index in [1.165, 1.54) is 0 Å². The topological polar surface area (TPSA) is 69.7 Å². The summed E-state index contributed by atoms with van der Waals surface area (Å²) in [6, 6.07) is 10.4. The Bertz CT molecular complexity index is 1240. The van der Waals surface area contributed by atoms with Crippen LogP contribution >= 0.6 is 0 Å². The van der Waals surface area contributed by atoms with E-state index in [0.717, 1.165) is 45.0 Å². The van der Waals surface area contributed by atoms with E-state index in [1.807, 2.05) is 32.0 Å². The quantitative estimate of drug-likeness (QED) is 0.536. The SMILES string of the molecule is CCN1c2cc(C)c(/C=C3\C(=O)NC(=O)N(c4ccc(C)cc4)C3=O)cc2C(C)=CC1(C)C. The van der Waals surface area contributed by atoms with Gasteiger partial charge in [0.1, 0.15) is 5.57 Å². The number of likely N-dealkylation sites (N-methyl/N-ethyl adjacent to an activating group) is 1. The van der Waals surface area contributed by atoms with Crippen LogP contribution in [0, 0.1) is 13.8 Å². The van der Waals surface area contributed by atoms with E-state index in [2.05, 4.69) is 50.1 Å². The number of amides is 4. The van der Waals surface area contributed by atoms with Gasteiger partial charge in [0.25, 0.3) is 11.8 Å². The number of aryl methyl sites for hydroxylation is 2. The largest absolute Gasteiger partial charge is 0.363 e. The van der Waals surface area contributed by atoms with Crippen molar-refractivity contribution in [2.24, 2.45) is 0 Å². The van der Waals surface area contributed by atoms with Crippen molar-refractivity contribution in [1.82, 2.24) is 5.32 Å². The van der Waals surface area contributed by atoms with Gasteiger partial charge in [-0.05, 0) is 88.6 Å². The minimum absolute atomic E-state index is 0.0663. The number of fused-ring (bicyclic) bond motifs is 1. The Labute approximate surface area is 194 Å². The zero-order chi connectivity index (χ0) is 24.1. The standard InChI is InChI=1S/C27H29N3O3/c1-7-29-23-12-17(3)19(13-21(23)18(4)15-27(29,5)6)14-22-24(31)28-26(33)30(25(22)32)20-10-8-16(2)9-11-20/h8-15H,7H2,1-6H3,(H,28,31,33)/b22-14+. The number of hydrogen-bond donors (Lipinski definition) is 1. The fourth-order valence-electron chi connectivity index (χ4n) is 4.72. The van der Waals surface area contributed by atoms with Gasteiger partial charge in [0, 0.05) is 17.8 Å². The Balaban J connectivity index is 1.79. The van der Waals surface area contributed by atoms with Crippen molar-refractivity contribution in [3.8, 4) is 0 Å². The maximum atomic E-state index is 13.2. The lowest BCUT2D eigenvalue weighted by Crippen LogP contribution is -2.54. The zero-order valence-electron chi connectivity index (χ0n) is 19.9. The van der Waals surface area contributed by atoms with Gasteiger partial charge in [-0.1, -0.05) is 23.8 Å². The van der Waals surface area contributed by atoms with Crippen LogP contribution in [-0.2, 0) is 9.59 Å². The van der Waals surface area contributed by atoms with E-state index >= 15 is 0 Å². The molecule has 2 aromatic rings. The lowest BCUT2D eigenvalue weighted by atomic mass is 9.86. The molecule has 0 saturated carbocycles. The first-order valence-electron chi connectivity index (χ1n) is 11.1. The fraction of sp³-hybridized carbons (Fsp3) is 0.296. The van der Waals surface area contributed by atoms with E-state index in [4.69, 9.17) is 0 Å². The molecule has 0 aliphatic carbocycles. The van der Waals surface area contributed by atoms with Crippen LogP contribution in [0.4, 0.5) is 16.2 Å². The molecular formula is C27H29N3O3. The van der Waals surface area contributed by atoms with Gasteiger partial charge in [-0.25, -0.2) is 9.69 Å². The number of carbonyl (C=O) groups excluding carboxylic acids is 3. The van der Waals surface area contributed by atoms with Crippen LogP contribution in [0.5, 0.6) is 0 Å².